The lowest BCUT2D eigenvalue weighted by molar-refractivity contribution is 0.292. The highest BCUT2D eigenvalue weighted by Crippen LogP contribution is 2.13. The van der Waals surface area contributed by atoms with Crippen LogP contribution in [0.1, 0.15) is 18.9 Å². The third-order valence-corrected chi connectivity index (χ3v) is 1.99. The molecule has 0 heterocycles. The van der Waals surface area contributed by atoms with Crippen LogP contribution in [0.15, 0.2) is 24.3 Å². The van der Waals surface area contributed by atoms with Gasteiger partial charge in [-0.25, -0.2) is 0 Å². The molecule has 0 saturated heterocycles. The van der Waals surface area contributed by atoms with Gasteiger partial charge in [0.2, 0.25) is 0 Å². The van der Waals surface area contributed by atoms with Crippen molar-refractivity contribution in [2.24, 2.45) is 0 Å². The molecule has 3 nitrogen and oxygen atoms in total. The molecule has 0 unspecified atom stereocenters. The van der Waals surface area contributed by atoms with E-state index in [2.05, 4.69) is 12.2 Å². The van der Waals surface area contributed by atoms with E-state index in [1.165, 1.54) is 5.56 Å². The topological polar surface area (TPSA) is 41.5 Å². The predicted octanol–water partition coefficient (Wildman–Crippen LogP) is 1.56. The van der Waals surface area contributed by atoms with Crippen LogP contribution in [0.2, 0.25) is 0 Å². The van der Waals surface area contributed by atoms with Crippen LogP contribution in [0.25, 0.3) is 0 Å². The van der Waals surface area contributed by atoms with Crippen LogP contribution in [0, 0.1) is 0 Å². The van der Waals surface area contributed by atoms with Crippen LogP contribution in [0.5, 0.6) is 5.75 Å². The van der Waals surface area contributed by atoms with Gasteiger partial charge in [0.1, 0.15) is 5.75 Å². The highest BCUT2D eigenvalue weighted by molar-refractivity contribution is 5.28. The van der Waals surface area contributed by atoms with Gasteiger partial charge in [-0.15, -0.1) is 0 Å². The fourth-order valence-electron chi connectivity index (χ4n) is 1.28. The Balaban J connectivity index is 2.42. The Kier molecular flexibility index (Phi) is 5.81. The normalized spacial score (nSPS) is 10.3. The van der Waals surface area contributed by atoms with Gasteiger partial charge in [0.05, 0.1) is 13.2 Å². The first kappa shape index (κ1) is 12.0. The van der Waals surface area contributed by atoms with E-state index in [0.29, 0.717) is 6.54 Å². The molecule has 0 aliphatic rings. The lowest BCUT2D eigenvalue weighted by Gasteiger charge is -2.07. The summed E-state index contributed by atoms with van der Waals surface area (Å²) in [6.45, 7) is 4.41. The number of nitrogens with one attached hydrogen (secondary N) is 1. The Bertz CT molecular complexity index is 276. The van der Waals surface area contributed by atoms with Crippen LogP contribution >= 0.6 is 0 Å². The second-order valence-electron chi connectivity index (χ2n) is 3.40. The SMILES string of the molecule is CCCOc1cccc(CNCCO)c1. The predicted molar refractivity (Wildman–Crippen MR) is 61.0 cm³/mol. The van der Waals surface area contributed by atoms with E-state index in [1.807, 2.05) is 24.3 Å². The van der Waals surface area contributed by atoms with E-state index in [-0.39, 0.29) is 6.61 Å². The third-order valence-electron chi connectivity index (χ3n) is 1.99. The van der Waals surface area contributed by atoms with Crippen molar-refractivity contribution in [3.05, 3.63) is 29.8 Å². The van der Waals surface area contributed by atoms with E-state index in [1.54, 1.807) is 0 Å². The first-order valence-electron chi connectivity index (χ1n) is 5.40. The van der Waals surface area contributed by atoms with E-state index in [9.17, 15) is 0 Å². The van der Waals surface area contributed by atoms with E-state index in [0.717, 1.165) is 25.3 Å². The van der Waals surface area contributed by atoms with Gasteiger partial charge in [0, 0.05) is 13.1 Å². The fraction of sp³-hybridized carbons (Fsp3) is 0.500. The van der Waals surface area contributed by atoms with Gasteiger partial charge in [-0.1, -0.05) is 19.1 Å². The lowest BCUT2D eigenvalue weighted by atomic mass is 10.2. The molecule has 15 heavy (non-hydrogen) atoms. The maximum Gasteiger partial charge on any atom is 0.119 e. The molecule has 0 bridgehead atoms. The zero-order valence-corrected chi connectivity index (χ0v) is 9.20. The minimum absolute atomic E-state index is 0.173. The summed E-state index contributed by atoms with van der Waals surface area (Å²) < 4.78 is 5.52. The van der Waals surface area contributed by atoms with Gasteiger partial charge in [-0.3, -0.25) is 0 Å². The van der Waals surface area contributed by atoms with Crippen molar-refractivity contribution in [3.63, 3.8) is 0 Å². The minimum Gasteiger partial charge on any atom is -0.494 e. The monoisotopic (exact) mass is 209 g/mol. The zero-order chi connectivity index (χ0) is 10.9. The van der Waals surface area contributed by atoms with Crippen molar-refractivity contribution < 1.29 is 9.84 Å². The summed E-state index contributed by atoms with van der Waals surface area (Å²) >= 11 is 0. The molecule has 0 spiro atoms. The standard InChI is InChI=1S/C12H19NO2/c1-2-8-15-12-5-3-4-11(9-12)10-13-6-7-14/h3-5,9,13-14H,2,6-8,10H2,1H3. The van der Waals surface area contributed by atoms with Gasteiger partial charge in [-0.05, 0) is 24.1 Å². The molecule has 1 aromatic rings. The Hall–Kier alpha value is -1.06. The molecular formula is C12H19NO2. The summed E-state index contributed by atoms with van der Waals surface area (Å²) in [5.74, 6) is 0.917. The molecule has 0 radical (unpaired) electrons. The molecule has 0 fully saturated rings. The van der Waals surface area contributed by atoms with Crippen molar-refractivity contribution in [2.75, 3.05) is 19.8 Å². The van der Waals surface area contributed by atoms with Crippen LogP contribution in [0.3, 0.4) is 0 Å². The molecule has 2 N–H and O–H groups in total. The van der Waals surface area contributed by atoms with Crippen LogP contribution in [-0.4, -0.2) is 24.9 Å². The first-order chi connectivity index (χ1) is 7.36. The van der Waals surface area contributed by atoms with Gasteiger partial charge < -0.3 is 15.2 Å². The fourth-order valence-corrected chi connectivity index (χ4v) is 1.28. The molecule has 1 rings (SSSR count). The van der Waals surface area contributed by atoms with Gasteiger partial charge in [0.15, 0.2) is 0 Å². The third kappa shape index (κ3) is 4.81. The number of benzene rings is 1. The maximum atomic E-state index is 8.63. The van der Waals surface area contributed by atoms with Crippen molar-refractivity contribution in [2.45, 2.75) is 19.9 Å². The summed E-state index contributed by atoms with van der Waals surface area (Å²) in [6, 6.07) is 8.02. The summed E-state index contributed by atoms with van der Waals surface area (Å²) in [6.07, 6.45) is 1.02. The summed E-state index contributed by atoms with van der Waals surface area (Å²) in [7, 11) is 0. The minimum atomic E-state index is 0.173. The highest BCUT2D eigenvalue weighted by atomic mass is 16.5. The van der Waals surface area contributed by atoms with E-state index >= 15 is 0 Å². The maximum absolute atomic E-state index is 8.63. The Morgan fingerprint density at radius 1 is 1.40 bits per heavy atom. The number of aliphatic hydroxyl groups is 1. The summed E-state index contributed by atoms with van der Waals surface area (Å²) in [5.41, 5.74) is 1.18. The number of rotatable bonds is 7. The summed E-state index contributed by atoms with van der Waals surface area (Å²) in [5, 5.41) is 11.8. The second-order valence-corrected chi connectivity index (χ2v) is 3.40. The van der Waals surface area contributed by atoms with Crippen LogP contribution in [0.4, 0.5) is 0 Å². The number of hydrogen-bond donors (Lipinski definition) is 2. The molecule has 0 aliphatic heterocycles. The Morgan fingerprint density at radius 3 is 3.00 bits per heavy atom. The van der Waals surface area contributed by atoms with Gasteiger partial charge >= 0.3 is 0 Å². The molecule has 0 atom stereocenters. The number of hydrogen-bond acceptors (Lipinski definition) is 3. The number of ether oxygens (including phenoxy) is 1. The Labute approximate surface area is 91.1 Å². The molecule has 0 aromatic heterocycles. The Morgan fingerprint density at radius 2 is 2.27 bits per heavy atom. The van der Waals surface area contributed by atoms with Crippen LogP contribution in [-0.2, 0) is 6.54 Å². The van der Waals surface area contributed by atoms with Crippen molar-refractivity contribution >= 4 is 0 Å². The quantitative estimate of drug-likeness (QED) is 0.670. The lowest BCUT2D eigenvalue weighted by Crippen LogP contribution is -2.17. The average Bonchev–Trinajstić information content (AvgIpc) is 2.27. The second kappa shape index (κ2) is 7.26. The molecule has 0 amide bonds. The molecule has 0 saturated carbocycles. The van der Waals surface area contributed by atoms with E-state index in [4.69, 9.17) is 9.84 Å². The van der Waals surface area contributed by atoms with E-state index < -0.39 is 0 Å². The number of aliphatic hydroxyl groups excluding tert-OH is 1. The van der Waals surface area contributed by atoms with Crippen molar-refractivity contribution in [1.29, 1.82) is 0 Å². The zero-order valence-electron chi connectivity index (χ0n) is 9.20. The van der Waals surface area contributed by atoms with Crippen molar-refractivity contribution in [1.82, 2.24) is 5.32 Å². The molecule has 0 aliphatic carbocycles. The smallest absolute Gasteiger partial charge is 0.119 e. The van der Waals surface area contributed by atoms with Crippen molar-refractivity contribution in [3.8, 4) is 5.75 Å². The van der Waals surface area contributed by atoms with Gasteiger partial charge in [-0.2, -0.15) is 0 Å². The van der Waals surface area contributed by atoms with Gasteiger partial charge in [0.25, 0.3) is 0 Å². The molecule has 84 valence electrons. The largest absolute Gasteiger partial charge is 0.494 e. The molecule has 3 heteroatoms. The molecular weight excluding hydrogens is 190 g/mol. The first-order valence-corrected chi connectivity index (χ1v) is 5.40. The van der Waals surface area contributed by atoms with Crippen LogP contribution < -0.4 is 10.1 Å². The highest BCUT2D eigenvalue weighted by Gasteiger charge is 1.96. The molecule has 1 aromatic carbocycles. The summed E-state index contributed by atoms with van der Waals surface area (Å²) in [4.78, 5) is 0. The average molecular weight is 209 g/mol.